The maximum absolute atomic E-state index is 5.80. The van der Waals surface area contributed by atoms with Crippen molar-refractivity contribution in [3.05, 3.63) is 35.9 Å². The summed E-state index contributed by atoms with van der Waals surface area (Å²) in [4.78, 5) is 2.42. The Bertz CT molecular complexity index is 315. The van der Waals surface area contributed by atoms with E-state index < -0.39 is 0 Å². The molecule has 3 heteroatoms. The van der Waals surface area contributed by atoms with Crippen LogP contribution < -0.4 is 5.73 Å². The van der Waals surface area contributed by atoms with Gasteiger partial charge in [-0.15, -0.1) is 0 Å². The van der Waals surface area contributed by atoms with Crippen LogP contribution in [0.25, 0.3) is 0 Å². The van der Waals surface area contributed by atoms with Gasteiger partial charge in [0.25, 0.3) is 0 Å². The normalized spacial score (nSPS) is 26.1. The molecule has 16 heavy (non-hydrogen) atoms. The standard InChI is InChI=1S/C13H20N2O/c1-16-13-7-12(8-14)15(10-13)9-11-5-3-2-4-6-11/h2-6,12-13H,7-10,14H2,1H3/t12-,13-/m0/s1. The Morgan fingerprint density at radius 2 is 2.12 bits per heavy atom. The van der Waals surface area contributed by atoms with Gasteiger partial charge in [0.15, 0.2) is 0 Å². The number of hydrogen-bond donors (Lipinski definition) is 1. The minimum atomic E-state index is 0.345. The summed E-state index contributed by atoms with van der Waals surface area (Å²) < 4.78 is 5.41. The van der Waals surface area contributed by atoms with E-state index in [1.54, 1.807) is 7.11 Å². The van der Waals surface area contributed by atoms with Crippen molar-refractivity contribution < 1.29 is 4.74 Å². The topological polar surface area (TPSA) is 38.5 Å². The molecule has 2 atom stereocenters. The van der Waals surface area contributed by atoms with Gasteiger partial charge in [0.1, 0.15) is 0 Å². The van der Waals surface area contributed by atoms with Crippen LogP contribution in [0.15, 0.2) is 30.3 Å². The number of rotatable bonds is 4. The Balaban J connectivity index is 1.98. The van der Waals surface area contributed by atoms with Gasteiger partial charge in [0.2, 0.25) is 0 Å². The monoisotopic (exact) mass is 220 g/mol. The number of nitrogens with zero attached hydrogens (tertiary/aromatic N) is 1. The lowest BCUT2D eigenvalue weighted by Gasteiger charge is -2.22. The summed E-state index contributed by atoms with van der Waals surface area (Å²) in [6.45, 7) is 2.68. The second kappa shape index (κ2) is 5.43. The smallest absolute Gasteiger partial charge is 0.0713 e. The van der Waals surface area contributed by atoms with Crippen molar-refractivity contribution in [1.29, 1.82) is 0 Å². The second-order valence-electron chi connectivity index (χ2n) is 4.40. The lowest BCUT2D eigenvalue weighted by molar-refractivity contribution is 0.107. The number of benzene rings is 1. The third-order valence-corrected chi connectivity index (χ3v) is 3.32. The molecule has 0 unspecified atom stereocenters. The quantitative estimate of drug-likeness (QED) is 0.829. The molecule has 1 aromatic rings. The van der Waals surface area contributed by atoms with Crippen molar-refractivity contribution >= 4 is 0 Å². The number of hydrogen-bond acceptors (Lipinski definition) is 3. The molecule has 0 bridgehead atoms. The molecule has 0 saturated carbocycles. The molecule has 2 N–H and O–H groups in total. The minimum Gasteiger partial charge on any atom is -0.380 e. The highest BCUT2D eigenvalue weighted by molar-refractivity contribution is 5.15. The van der Waals surface area contributed by atoms with Crippen molar-refractivity contribution in [1.82, 2.24) is 4.90 Å². The molecule has 88 valence electrons. The molecule has 2 rings (SSSR count). The molecular weight excluding hydrogens is 200 g/mol. The first kappa shape index (κ1) is 11.6. The second-order valence-corrected chi connectivity index (χ2v) is 4.40. The van der Waals surface area contributed by atoms with Gasteiger partial charge in [-0.2, -0.15) is 0 Å². The predicted molar refractivity (Wildman–Crippen MR) is 65.1 cm³/mol. The van der Waals surface area contributed by atoms with E-state index in [1.807, 2.05) is 6.07 Å². The SMILES string of the molecule is CO[C@H]1C[C@@H](CN)N(Cc2ccccc2)C1. The zero-order valence-corrected chi connectivity index (χ0v) is 9.80. The third-order valence-electron chi connectivity index (χ3n) is 3.32. The van der Waals surface area contributed by atoms with Crippen LogP contribution in [0.1, 0.15) is 12.0 Å². The van der Waals surface area contributed by atoms with Gasteiger partial charge in [-0.3, -0.25) is 4.90 Å². The van der Waals surface area contributed by atoms with Gasteiger partial charge in [-0.25, -0.2) is 0 Å². The van der Waals surface area contributed by atoms with Crippen molar-refractivity contribution in [2.24, 2.45) is 5.73 Å². The average molecular weight is 220 g/mol. The van der Waals surface area contributed by atoms with Gasteiger partial charge < -0.3 is 10.5 Å². The van der Waals surface area contributed by atoms with E-state index in [0.29, 0.717) is 18.7 Å². The summed E-state index contributed by atoms with van der Waals surface area (Å²) in [6, 6.07) is 11.0. The molecule has 0 radical (unpaired) electrons. The van der Waals surface area contributed by atoms with Gasteiger partial charge in [0, 0.05) is 32.8 Å². The van der Waals surface area contributed by atoms with Crippen molar-refractivity contribution in [3.8, 4) is 0 Å². The highest BCUT2D eigenvalue weighted by Crippen LogP contribution is 2.21. The number of nitrogens with two attached hydrogens (primary N) is 1. The largest absolute Gasteiger partial charge is 0.380 e. The first-order valence-corrected chi connectivity index (χ1v) is 5.84. The number of methoxy groups -OCH3 is 1. The first-order chi connectivity index (χ1) is 7.83. The maximum atomic E-state index is 5.80. The summed E-state index contributed by atoms with van der Waals surface area (Å²) in [7, 11) is 1.78. The lowest BCUT2D eigenvalue weighted by Crippen LogP contribution is -2.34. The van der Waals surface area contributed by atoms with Crippen molar-refractivity contribution in [2.45, 2.75) is 25.1 Å². The van der Waals surface area contributed by atoms with E-state index in [0.717, 1.165) is 19.5 Å². The van der Waals surface area contributed by atoms with Crippen LogP contribution in [0.2, 0.25) is 0 Å². The van der Waals surface area contributed by atoms with Gasteiger partial charge in [0.05, 0.1) is 6.10 Å². The molecular formula is C13H20N2O. The maximum Gasteiger partial charge on any atom is 0.0713 e. The zero-order valence-electron chi connectivity index (χ0n) is 9.80. The molecule has 1 aliphatic heterocycles. The molecule has 1 saturated heterocycles. The van der Waals surface area contributed by atoms with Crippen molar-refractivity contribution in [3.63, 3.8) is 0 Å². The minimum absolute atomic E-state index is 0.345. The molecule has 1 aliphatic rings. The van der Waals surface area contributed by atoms with Crippen LogP contribution in [0.4, 0.5) is 0 Å². The predicted octanol–water partition coefficient (Wildman–Crippen LogP) is 1.23. The highest BCUT2D eigenvalue weighted by atomic mass is 16.5. The summed E-state index contributed by atoms with van der Waals surface area (Å²) in [5.41, 5.74) is 7.14. The van der Waals surface area contributed by atoms with Crippen LogP contribution in [-0.2, 0) is 11.3 Å². The van der Waals surface area contributed by atoms with Crippen LogP contribution in [0, 0.1) is 0 Å². The Hall–Kier alpha value is -0.900. The Morgan fingerprint density at radius 3 is 2.75 bits per heavy atom. The van der Waals surface area contributed by atoms with Crippen LogP contribution in [0.3, 0.4) is 0 Å². The molecule has 0 spiro atoms. The highest BCUT2D eigenvalue weighted by Gasteiger charge is 2.30. The Labute approximate surface area is 97.2 Å². The van der Waals surface area contributed by atoms with E-state index in [4.69, 9.17) is 10.5 Å². The number of likely N-dealkylation sites (tertiary alicyclic amines) is 1. The summed E-state index contributed by atoms with van der Waals surface area (Å²) in [5, 5.41) is 0. The Morgan fingerprint density at radius 1 is 1.38 bits per heavy atom. The molecule has 3 nitrogen and oxygen atoms in total. The van der Waals surface area contributed by atoms with Crippen LogP contribution >= 0.6 is 0 Å². The van der Waals surface area contributed by atoms with Crippen LogP contribution in [-0.4, -0.2) is 37.2 Å². The fourth-order valence-corrected chi connectivity index (χ4v) is 2.37. The van der Waals surface area contributed by atoms with Gasteiger partial charge >= 0.3 is 0 Å². The van der Waals surface area contributed by atoms with Crippen LogP contribution in [0.5, 0.6) is 0 Å². The van der Waals surface area contributed by atoms with Gasteiger partial charge in [-0.1, -0.05) is 30.3 Å². The molecule has 1 heterocycles. The molecule has 1 fully saturated rings. The fraction of sp³-hybridized carbons (Fsp3) is 0.538. The van der Waals surface area contributed by atoms with E-state index in [9.17, 15) is 0 Å². The third kappa shape index (κ3) is 2.61. The van der Waals surface area contributed by atoms with E-state index in [2.05, 4.69) is 29.2 Å². The Kier molecular flexibility index (Phi) is 3.93. The molecule has 1 aromatic carbocycles. The summed E-state index contributed by atoms with van der Waals surface area (Å²) >= 11 is 0. The van der Waals surface area contributed by atoms with Crippen molar-refractivity contribution in [2.75, 3.05) is 20.2 Å². The first-order valence-electron chi connectivity index (χ1n) is 5.84. The van der Waals surface area contributed by atoms with E-state index in [1.165, 1.54) is 5.56 Å². The fourth-order valence-electron chi connectivity index (χ4n) is 2.37. The average Bonchev–Trinajstić information content (AvgIpc) is 2.73. The molecule has 0 aromatic heterocycles. The van der Waals surface area contributed by atoms with E-state index in [-0.39, 0.29) is 0 Å². The van der Waals surface area contributed by atoms with E-state index >= 15 is 0 Å². The lowest BCUT2D eigenvalue weighted by atomic mass is 10.2. The zero-order chi connectivity index (χ0) is 11.4. The molecule has 0 amide bonds. The molecule has 0 aliphatic carbocycles. The summed E-state index contributed by atoms with van der Waals surface area (Å²) in [6.07, 6.45) is 1.40. The number of ether oxygens (including phenoxy) is 1. The summed E-state index contributed by atoms with van der Waals surface area (Å²) in [5.74, 6) is 0. The van der Waals surface area contributed by atoms with Gasteiger partial charge in [-0.05, 0) is 12.0 Å².